The Labute approximate surface area is 126 Å². The molecule has 0 aliphatic carbocycles. The Morgan fingerprint density at radius 2 is 1.62 bits per heavy atom. The maximum atomic E-state index is 12.6. The number of hydrogen-bond donors (Lipinski definition) is 1. The number of aryl methyl sites for hydroxylation is 3. The molecule has 0 amide bonds. The van der Waals surface area contributed by atoms with Crippen LogP contribution in [0.4, 0.5) is 0 Å². The number of rotatable bonds is 7. The van der Waals surface area contributed by atoms with E-state index in [2.05, 4.69) is 30.7 Å². The predicted octanol–water partition coefficient (Wildman–Crippen LogP) is 4.17. The van der Waals surface area contributed by atoms with Crippen LogP contribution in [0, 0.1) is 0 Å². The topological polar surface area (TPSA) is 45.8 Å². The summed E-state index contributed by atoms with van der Waals surface area (Å²) in [5, 5.41) is 0. The SMILES string of the molecule is CCCCc1nc2cc(CCC)c(=O)c(CCC)cc2[nH]1. The molecule has 0 saturated carbocycles. The van der Waals surface area contributed by atoms with Crippen molar-refractivity contribution < 1.29 is 0 Å². The van der Waals surface area contributed by atoms with Crippen molar-refractivity contribution in [3.63, 3.8) is 0 Å². The van der Waals surface area contributed by atoms with Gasteiger partial charge in [-0.25, -0.2) is 4.98 Å². The quantitative estimate of drug-likeness (QED) is 0.830. The Bertz CT molecular complexity index is 608. The average molecular weight is 286 g/mol. The van der Waals surface area contributed by atoms with Gasteiger partial charge in [0.1, 0.15) is 5.82 Å². The van der Waals surface area contributed by atoms with E-state index in [0.29, 0.717) is 0 Å². The van der Waals surface area contributed by atoms with E-state index in [1.165, 1.54) is 0 Å². The number of aromatic nitrogens is 2. The Kier molecular flexibility index (Phi) is 5.54. The largest absolute Gasteiger partial charge is 0.342 e. The summed E-state index contributed by atoms with van der Waals surface area (Å²) in [5.41, 5.74) is 3.97. The van der Waals surface area contributed by atoms with Gasteiger partial charge in [-0.1, -0.05) is 40.0 Å². The van der Waals surface area contributed by atoms with Crippen molar-refractivity contribution in [2.45, 2.75) is 65.7 Å². The molecule has 3 nitrogen and oxygen atoms in total. The molecule has 0 bridgehead atoms. The predicted molar refractivity (Wildman–Crippen MR) is 89.0 cm³/mol. The van der Waals surface area contributed by atoms with Crippen LogP contribution in [0.2, 0.25) is 0 Å². The lowest BCUT2D eigenvalue weighted by Crippen LogP contribution is -2.11. The Morgan fingerprint density at radius 1 is 0.952 bits per heavy atom. The van der Waals surface area contributed by atoms with Crippen LogP contribution in [-0.2, 0) is 19.3 Å². The number of H-pyrrole nitrogens is 1. The van der Waals surface area contributed by atoms with E-state index in [-0.39, 0.29) is 5.43 Å². The number of nitrogens with one attached hydrogen (secondary N) is 1. The van der Waals surface area contributed by atoms with Gasteiger partial charge < -0.3 is 4.98 Å². The molecule has 0 aliphatic heterocycles. The minimum absolute atomic E-state index is 0.209. The molecule has 1 heterocycles. The monoisotopic (exact) mass is 286 g/mol. The van der Waals surface area contributed by atoms with Crippen molar-refractivity contribution in [3.05, 3.63) is 39.3 Å². The van der Waals surface area contributed by atoms with Crippen LogP contribution < -0.4 is 5.43 Å². The van der Waals surface area contributed by atoms with Gasteiger partial charge in [0.2, 0.25) is 0 Å². The van der Waals surface area contributed by atoms with Crippen LogP contribution in [0.25, 0.3) is 11.0 Å². The second-order valence-electron chi connectivity index (χ2n) is 5.75. The number of aromatic amines is 1. The van der Waals surface area contributed by atoms with Crippen LogP contribution in [0.5, 0.6) is 0 Å². The molecule has 0 radical (unpaired) electrons. The highest BCUT2D eigenvalue weighted by Gasteiger charge is 2.09. The lowest BCUT2D eigenvalue weighted by Gasteiger charge is -1.97. The molecular formula is C18H26N2O. The van der Waals surface area contributed by atoms with E-state index < -0.39 is 0 Å². The first-order chi connectivity index (χ1) is 10.2. The van der Waals surface area contributed by atoms with Gasteiger partial charge in [0.05, 0.1) is 11.0 Å². The number of nitrogens with zero attached hydrogens (tertiary/aromatic N) is 1. The van der Waals surface area contributed by atoms with Crippen LogP contribution in [-0.4, -0.2) is 9.97 Å². The Balaban J connectivity index is 2.56. The highest BCUT2D eigenvalue weighted by molar-refractivity contribution is 5.75. The van der Waals surface area contributed by atoms with Gasteiger partial charge in [-0.2, -0.15) is 0 Å². The summed E-state index contributed by atoms with van der Waals surface area (Å²) in [4.78, 5) is 20.6. The summed E-state index contributed by atoms with van der Waals surface area (Å²) in [6, 6.07) is 4.01. The van der Waals surface area contributed by atoms with Gasteiger partial charge in [-0.05, 0) is 31.4 Å². The first-order valence-corrected chi connectivity index (χ1v) is 8.24. The number of unbranched alkanes of at least 4 members (excludes halogenated alkanes) is 1. The van der Waals surface area contributed by atoms with Crippen LogP contribution in [0.15, 0.2) is 16.9 Å². The van der Waals surface area contributed by atoms with E-state index in [9.17, 15) is 4.79 Å². The summed E-state index contributed by atoms with van der Waals surface area (Å²) >= 11 is 0. The van der Waals surface area contributed by atoms with Crippen molar-refractivity contribution in [1.82, 2.24) is 9.97 Å². The zero-order chi connectivity index (χ0) is 15.2. The Morgan fingerprint density at radius 3 is 2.24 bits per heavy atom. The minimum Gasteiger partial charge on any atom is -0.342 e. The molecule has 1 aromatic heterocycles. The zero-order valence-corrected chi connectivity index (χ0v) is 13.5. The zero-order valence-electron chi connectivity index (χ0n) is 13.5. The summed E-state index contributed by atoms with van der Waals surface area (Å²) in [5.74, 6) is 1.04. The third kappa shape index (κ3) is 3.72. The molecule has 0 fully saturated rings. The van der Waals surface area contributed by atoms with Crippen molar-refractivity contribution >= 4 is 11.0 Å². The van der Waals surface area contributed by atoms with Gasteiger partial charge in [0, 0.05) is 17.5 Å². The summed E-state index contributed by atoms with van der Waals surface area (Å²) < 4.78 is 0. The third-order valence-electron chi connectivity index (χ3n) is 3.83. The molecule has 1 N–H and O–H groups in total. The summed E-state index contributed by atoms with van der Waals surface area (Å²) in [6.45, 7) is 6.41. The first kappa shape index (κ1) is 15.7. The van der Waals surface area contributed by atoms with Gasteiger partial charge in [-0.15, -0.1) is 0 Å². The molecule has 114 valence electrons. The average Bonchev–Trinajstić information content (AvgIpc) is 2.80. The van der Waals surface area contributed by atoms with Crippen LogP contribution in [0.1, 0.15) is 63.4 Å². The number of hydrogen-bond acceptors (Lipinski definition) is 2. The number of fused-ring (bicyclic) bond motifs is 1. The van der Waals surface area contributed by atoms with Crippen LogP contribution in [0.3, 0.4) is 0 Å². The molecule has 2 rings (SSSR count). The van der Waals surface area contributed by atoms with Gasteiger partial charge in [-0.3, -0.25) is 4.79 Å². The highest BCUT2D eigenvalue weighted by atomic mass is 16.1. The standard InChI is InChI=1S/C18H26N2O/c1-4-7-10-17-19-15-11-13(8-5-2)18(21)14(9-6-3)12-16(15)20-17/h11-12H,4-10H2,1-3H3,(H,19,20). The molecule has 0 saturated heterocycles. The Hall–Kier alpha value is -1.64. The lowest BCUT2D eigenvalue weighted by atomic mass is 10.1. The third-order valence-corrected chi connectivity index (χ3v) is 3.83. The fraction of sp³-hybridized carbons (Fsp3) is 0.556. The minimum atomic E-state index is 0.209. The molecular weight excluding hydrogens is 260 g/mol. The van der Waals surface area contributed by atoms with Gasteiger partial charge >= 0.3 is 0 Å². The smallest absolute Gasteiger partial charge is 0.185 e. The van der Waals surface area contributed by atoms with Gasteiger partial charge in [0.25, 0.3) is 0 Å². The van der Waals surface area contributed by atoms with Crippen molar-refractivity contribution in [2.24, 2.45) is 0 Å². The molecule has 0 spiro atoms. The van der Waals surface area contributed by atoms with E-state index in [4.69, 9.17) is 0 Å². The normalized spacial score (nSPS) is 11.2. The fourth-order valence-corrected chi connectivity index (χ4v) is 2.72. The number of imidazole rings is 1. The second kappa shape index (κ2) is 7.39. The molecule has 0 unspecified atom stereocenters. The summed E-state index contributed by atoms with van der Waals surface area (Å²) in [6.07, 6.45) is 6.92. The highest BCUT2D eigenvalue weighted by Crippen LogP contribution is 2.15. The lowest BCUT2D eigenvalue weighted by molar-refractivity contribution is 0.765. The van der Waals surface area contributed by atoms with E-state index >= 15 is 0 Å². The maximum Gasteiger partial charge on any atom is 0.185 e. The van der Waals surface area contributed by atoms with Gasteiger partial charge in [0.15, 0.2) is 5.43 Å². The fourth-order valence-electron chi connectivity index (χ4n) is 2.72. The van der Waals surface area contributed by atoms with E-state index in [1.54, 1.807) is 0 Å². The second-order valence-corrected chi connectivity index (χ2v) is 5.75. The molecule has 2 aromatic rings. The molecule has 0 aliphatic rings. The van der Waals surface area contributed by atoms with Crippen LogP contribution >= 0.6 is 0 Å². The van der Waals surface area contributed by atoms with Crippen molar-refractivity contribution in [1.29, 1.82) is 0 Å². The van der Waals surface area contributed by atoms with E-state index in [1.807, 2.05) is 12.1 Å². The maximum absolute atomic E-state index is 12.6. The van der Waals surface area contributed by atoms with Crippen molar-refractivity contribution in [3.8, 4) is 0 Å². The molecule has 1 aromatic carbocycles. The van der Waals surface area contributed by atoms with E-state index in [0.717, 1.165) is 72.9 Å². The summed E-state index contributed by atoms with van der Waals surface area (Å²) in [7, 11) is 0. The molecule has 3 heteroatoms. The first-order valence-electron chi connectivity index (χ1n) is 8.24. The van der Waals surface area contributed by atoms with Crippen molar-refractivity contribution in [2.75, 3.05) is 0 Å². The molecule has 0 atom stereocenters. The molecule has 21 heavy (non-hydrogen) atoms.